The van der Waals surface area contributed by atoms with Gasteiger partial charge >= 0.3 is 0 Å². The lowest BCUT2D eigenvalue weighted by Crippen LogP contribution is -2.45. The Balaban J connectivity index is 1.92. The van der Waals surface area contributed by atoms with Crippen molar-refractivity contribution >= 4 is 5.91 Å². The zero-order valence-electron chi connectivity index (χ0n) is 10.1. The Labute approximate surface area is 102 Å². The number of hydrogen-bond acceptors (Lipinski definition) is 2. The van der Waals surface area contributed by atoms with Gasteiger partial charge in [0.1, 0.15) is 0 Å². The maximum absolute atomic E-state index is 11.5. The Morgan fingerprint density at radius 1 is 1.29 bits per heavy atom. The van der Waals surface area contributed by atoms with Gasteiger partial charge in [0.05, 0.1) is 6.04 Å². The van der Waals surface area contributed by atoms with Crippen molar-refractivity contribution < 1.29 is 4.79 Å². The molecular formula is C14H20N2O. The van der Waals surface area contributed by atoms with E-state index in [1.807, 2.05) is 18.2 Å². The van der Waals surface area contributed by atoms with Gasteiger partial charge < -0.3 is 11.1 Å². The van der Waals surface area contributed by atoms with Crippen molar-refractivity contribution in [2.24, 2.45) is 11.7 Å². The van der Waals surface area contributed by atoms with Gasteiger partial charge in [0.15, 0.2) is 0 Å². The van der Waals surface area contributed by atoms with Gasteiger partial charge in [0.25, 0.3) is 0 Å². The average molecular weight is 232 g/mol. The van der Waals surface area contributed by atoms with E-state index in [1.54, 1.807) is 0 Å². The molecule has 3 heteroatoms. The van der Waals surface area contributed by atoms with Gasteiger partial charge in [-0.05, 0) is 24.3 Å². The maximum atomic E-state index is 11.5. The molecular weight excluding hydrogens is 212 g/mol. The zero-order chi connectivity index (χ0) is 12.1. The molecule has 1 atom stereocenters. The molecule has 17 heavy (non-hydrogen) atoms. The summed E-state index contributed by atoms with van der Waals surface area (Å²) in [6.45, 7) is 0.713. The van der Waals surface area contributed by atoms with Gasteiger partial charge in [-0.2, -0.15) is 0 Å². The Morgan fingerprint density at radius 2 is 1.94 bits per heavy atom. The van der Waals surface area contributed by atoms with E-state index in [1.165, 1.54) is 18.4 Å². The Morgan fingerprint density at radius 3 is 2.53 bits per heavy atom. The summed E-state index contributed by atoms with van der Waals surface area (Å²) in [7, 11) is 0. The van der Waals surface area contributed by atoms with Gasteiger partial charge in [-0.25, -0.2) is 0 Å². The standard InChI is InChI=1S/C14H20N2O/c15-14(17)13(12-8-4-5-9-12)16-10-11-6-2-1-3-7-11/h1-3,6-7,12-13,16H,4-5,8-10H2,(H2,15,17). The number of carbonyl (C=O) groups is 1. The van der Waals surface area contributed by atoms with E-state index in [4.69, 9.17) is 5.73 Å². The van der Waals surface area contributed by atoms with Crippen LogP contribution in [0.4, 0.5) is 0 Å². The van der Waals surface area contributed by atoms with E-state index in [9.17, 15) is 4.79 Å². The van der Waals surface area contributed by atoms with E-state index < -0.39 is 0 Å². The van der Waals surface area contributed by atoms with Crippen LogP contribution in [0.3, 0.4) is 0 Å². The second-order valence-electron chi connectivity index (χ2n) is 4.79. The Bertz CT molecular complexity index is 358. The number of nitrogens with one attached hydrogen (secondary N) is 1. The smallest absolute Gasteiger partial charge is 0.234 e. The minimum Gasteiger partial charge on any atom is -0.368 e. The maximum Gasteiger partial charge on any atom is 0.234 e. The van der Waals surface area contributed by atoms with Crippen molar-refractivity contribution in [1.29, 1.82) is 0 Å². The molecule has 1 aliphatic carbocycles. The molecule has 3 N–H and O–H groups in total. The molecule has 1 aliphatic rings. The van der Waals surface area contributed by atoms with Gasteiger partial charge in [0.2, 0.25) is 5.91 Å². The third kappa shape index (κ3) is 3.30. The summed E-state index contributed by atoms with van der Waals surface area (Å²) >= 11 is 0. The van der Waals surface area contributed by atoms with Crippen molar-refractivity contribution in [1.82, 2.24) is 5.32 Å². The van der Waals surface area contributed by atoms with Crippen molar-refractivity contribution in [3.63, 3.8) is 0 Å². The van der Waals surface area contributed by atoms with Crippen molar-refractivity contribution in [3.05, 3.63) is 35.9 Å². The second kappa shape index (κ2) is 5.82. The molecule has 0 bridgehead atoms. The Hall–Kier alpha value is -1.35. The first kappa shape index (κ1) is 12.1. The van der Waals surface area contributed by atoms with Crippen LogP contribution < -0.4 is 11.1 Å². The number of nitrogens with two attached hydrogens (primary N) is 1. The van der Waals surface area contributed by atoms with Crippen LogP contribution in [0.2, 0.25) is 0 Å². The van der Waals surface area contributed by atoms with E-state index in [-0.39, 0.29) is 11.9 Å². The third-order valence-corrected chi connectivity index (χ3v) is 3.55. The summed E-state index contributed by atoms with van der Waals surface area (Å²) < 4.78 is 0. The highest BCUT2D eigenvalue weighted by atomic mass is 16.1. The fraction of sp³-hybridized carbons (Fsp3) is 0.500. The predicted octanol–water partition coefficient (Wildman–Crippen LogP) is 1.82. The molecule has 0 aliphatic heterocycles. The number of carbonyl (C=O) groups excluding carboxylic acids is 1. The molecule has 0 radical (unpaired) electrons. The minimum absolute atomic E-state index is 0.169. The van der Waals surface area contributed by atoms with Crippen molar-refractivity contribution in [3.8, 4) is 0 Å². The van der Waals surface area contributed by atoms with Gasteiger partial charge in [-0.15, -0.1) is 0 Å². The molecule has 2 rings (SSSR count). The number of hydrogen-bond donors (Lipinski definition) is 2. The topological polar surface area (TPSA) is 55.1 Å². The van der Waals surface area contributed by atoms with Crippen LogP contribution >= 0.6 is 0 Å². The van der Waals surface area contributed by atoms with Crippen LogP contribution in [-0.4, -0.2) is 11.9 Å². The Kier molecular flexibility index (Phi) is 4.15. The molecule has 3 nitrogen and oxygen atoms in total. The van der Waals surface area contributed by atoms with Crippen molar-refractivity contribution in [2.45, 2.75) is 38.3 Å². The molecule has 1 unspecified atom stereocenters. The van der Waals surface area contributed by atoms with Crippen LogP contribution in [0.1, 0.15) is 31.2 Å². The monoisotopic (exact) mass is 232 g/mol. The average Bonchev–Trinajstić information content (AvgIpc) is 2.84. The van der Waals surface area contributed by atoms with Crippen LogP contribution in [0.5, 0.6) is 0 Å². The molecule has 1 aromatic rings. The lowest BCUT2D eigenvalue weighted by Gasteiger charge is -2.21. The first-order valence-corrected chi connectivity index (χ1v) is 6.34. The summed E-state index contributed by atoms with van der Waals surface area (Å²) in [4.78, 5) is 11.5. The van der Waals surface area contributed by atoms with Crippen LogP contribution in [-0.2, 0) is 11.3 Å². The molecule has 1 saturated carbocycles. The number of rotatable bonds is 5. The summed E-state index contributed by atoms with van der Waals surface area (Å²) in [5.41, 5.74) is 6.67. The molecule has 0 spiro atoms. The van der Waals surface area contributed by atoms with E-state index in [0.717, 1.165) is 12.8 Å². The first-order valence-electron chi connectivity index (χ1n) is 6.34. The molecule has 1 fully saturated rings. The number of benzene rings is 1. The van der Waals surface area contributed by atoms with E-state index in [2.05, 4.69) is 17.4 Å². The van der Waals surface area contributed by atoms with Crippen LogP contribution in [0, 0.1) is 5.92 Å². The molecule has 0 saturated heterocycles. The highest BCUT2D eigenvalue weighted by Crippen LogP contribution is 2.27. The molecule has 0 aromatic heterocycles. The highest BCUT2D eigenvalue weighted by Gasteiger charge is 2.28. The summed E-state index contributed by atoms with van der Waals surface area (Å²) in [6, 6.07) is 9.95. The van der Waals surface area contributed by atoms with Crippen molar-refractivity contribution in [2.75, 3.05) is 0 Å². The van der Waals surface area contributed by atoms with Gasteiger partial charge in [0, 0.05) is 6.54 Å². The highest BCUT2D eigenvalue weighted by molar-refractivity contribution is 5.80. The molecule has 0 heterocycles. The summed E-state index contributed by atoms with van der Waals surface area (Å²) in [5, 5.41) is 3.30. The van der Waals surface area contributed by atoms with Gasteiger partial charge in [-0.1, -0.05) is 43.2 Å². The molecule has 1 amide bonds. The molecule has 1 aromatic carbocycles. The third-order valence-electron chi connectivity index (χ3n) is 3.55. The summed E-state index contributed by atoms with van der Waals surface area (Å²) in [5.74, 6) is 0.212. The van der Waals surface area contributed by atoms with Crippen LogP contribution in [0.15, 0.2) is 30.3 Å². The SMILES string of the molecule is NC(=O)C(NCc1ccccc1)C1CCCC1. The number of primary amides is 1. The van der Waals surface area contributed by atoms with Crippen LogP contribution in [0.25, 0.3) is 0 Å². The zero-order valence-corrected chi connectivity index (χ0v) is 10.1. The summed E-state index contributed by atoms with van der Waals surface area (Å²) in [6.07, 6.45) is 4.69. The van der Waals surface area contributed by atoms with Gasteiger partial charge in [-0.3, -0.25) is 4.79 Å². The normalized spacial score (nSPS) is 18.1. The van der Waals surface area contributed by atoms with E-state index in [0.29, 0.717) is 12.5 Å². The quantitative estimate of drug-likeness (QED) is 0.813. The molecule has 92 valence electrons. The second-order valence-corrected chi connectivity index (χ2v) is 4.79. The largest absolute Gasteiger partial charge is 0.368 e. The number of amides is 1. The fourth-order valence-corrected chi connectivity index (χ4v) is 2.61. The minimum atomic E-state index is -0.215. The lowest BCUT2D eigenvalue weighted by atomic mass is 9.97. The lowest BCUT2D eigenvalue weighted by molar-refractivity contribution is -0.121. The fourth-order valence-electron chi connectivity index (χ4n) is 2.61. The predicted molar refractivity (Wildman–Crippen MR) is 68.2 cm³/mol. The first-order chi connectivity index (χ1) is 8.27. The van der Waals surface area contributed by atoms with E-state index >= 15 is 0 Å².